The second-order valence-corrected chi connectivity index (χ2v) is 7.47. The van der Waals surface area contributed by atoms with Crippen molar-refractivity contribution < 1.29 is 9.59 Å². The fraction of sp³-hybridized carbons (Fsp3) is 0.556. The third kappa shape index (κ3) is 4.10. The Kier molecular flexibility index (Phi) is 5.09. The maximum Gasteiger partial charge on any atom is 0.248 e. The lowest BCUT2D eigenvalue weighted by atomic mass is 9.75. The Morgan fingerprint density at radius 1 is 1.17 bits per heavy atom. The molecular formula is C18H27N3O2. The monoisotopic (exact) mass is 317 g/mol. The molecule has 1 fully saturated rings. The van der Waals surface area contributed by atoms with Gasteiger partial charge in [0, 0.05) is 5.56 Å². The lowest BCUT2D eigenvalue weighted by Gasteiger charge is -2.41. The number of rotatable bonds is 4. The first-order valence-electron chi connectivity index (χ1n) is 8.13. The zero-order valence-corrected chi connectivity index (χ0v) is 14.2. The van der Waals surface area contributed by atoms with E-state index in [2.05, 4.69) is 25.7 Å². The Balaban J connectivity index is 2.19. The van der Waals surface area contributed by atoms with Crippen molar-refractivity contribution in [2.75, 3.05) is 13.1 Å². The van der Waals surface area contributed by atoms with Gasteiger partial charge in [-0.2, -0.15) is 0 Å². The van der Waals surface area contributed by atoms with Crippen LogP contribution in [0.3, 0.4) is 0 Å². The summed E-state index contributed by atoms with van der Waals surface area (Å²) in [4.78, 5) is 25.5. The zero-order valence-electron chi connectivity index (χ0n) is 14.2. The summed E-state index contributed by atoms with van der Waals surface area (Å²) in [6.45, 7) is 8.44. The first-order valence-corrected chi connectivity index (χ1v) is 8.13. The molecule has 0 saturated carbocycles. The quantitative estimate of drug-likeness (QED) is 0.891. The predicted molar refractivity (Wildman–Crippen MR) is 90.6 cm³/mol. The number of likely N-dealkylation sites (tertiary alicyclic amines) is 1. The van der Waals surface area contributed by atoms with Gasteiger partial charge in [-0.25, -0.2) is 0 Å². The van der Waals surface area contributed by atoms with Crippen molar-refractivity contribution in [3.63, 3.8) is 0 Å². The molecule has 0 aliphatic carbocycles. The van der Waals surface area contributed by atoms with E-state index in [1.807, 2.05) is 6.07 Å². The fourth-order valence-electron chi connectivity index (χ4n) is 3.44. The second-order valence-electron chi connectivity index (χ2n) is 7.47. The number of benzene rings is 1. The first kappa shape index (κ1) is 17.5. The molecule has 0 aromatic heterocycles. The Bertz CT molecular complexity index is 584. The molecule has 23 heavy (non-hydrogen) atoms. The van der Waals surface area contributed by atoms with Crippen molar-refractivity contribution in [2.24, 2.45) is 22.8 Å². The van der Waals surface area contributed by atoms with Crippen molar-refractivity contribution in [1.29, 1.82) is 0 Å². The van der Waals surface area contributed by atoms with Gasteiger partial charge in [-0.1, -0.05) is 32.9 Å². The van der Waals surface area contributed by atoms with Crippen LogP contribution in [0.4, 0.5) is 0 Å². The molecule has 4 N–H and O–H groups in total. The summed E-state index contributed by atoms with van der Waals surface area (Å²) >= 11 is 0. The molecule has 0 bridgehead atoms. The number of amides is 2. The third-order valence-corrected chi connectivity index (χ3v) is 4.88. The van der Waals surface area contributed by atoms with Crippen LogP contribution in [0, 0.1) is 11.3 Å². The van der Waals surface area contributed by atoms with Crippen LogP contribution in [-0.4, -0.2) is 29.8 Å². The molecule has 1 aromatic rings. The maximum absolute atomic E-state index is 12.0. The van der Waals surface area contributed by atoms with Gasteiger partial charge < -0.3 is 11.5 Å². The van der Waals surface area contributed by atoms with Crippen molar-refractivity contribution >= 4 is 11.8 Å². The molecule has 2 rings (SSSR count). The normalized spacial score (nSPS) is 18.6. The lowest BCUT2D eigenvalue weighted by Crippen LogP contribution is -2.44. The highest BCUT2D eigenvalue weighted by atomic mass is 16.1. The number of piperidine rings is 1. The van der Waals surface area contributed by atoms with Gasteiger partial charge in [0.2, 0.25) is 11.8 Å². The van der Waals surface area contributed by atoms with E-state index >= 15 is 0 Å². The summed E-state index contributed by atoms with van der Waals surface area (Å²) in [5.74, 6) is -0.244. The predicted octanol–water partition coefficient (Wildman–Crippen LogP) is 2.07. The smallest absolute Gasteiger partial charge is 0.248 e. The number of nitrogens with zero attached hydrogens (tertiary/aromatic N) is 1. The van der Waals surface area contributed by atoms with Gasteiger partial charge in [-0.15, -0.1) is 0 Å². The van der Waals surface area contributed by atoms with Gasteiger partial charge in [-0.3, -0.25) is 14.5 Å². The van der Waals surface area contributed by atoms with E-state index in [4.69, 9.17) is 11.5 Å². The highest BCUT2D eigenvalue weighted by Crippen LogP contribution is 2.36. The van der Waals surface area contributed by atoms with Crippen LogP contribution in [0.15, 0.2) is 24.3 Å². The molecule has 1 heterocycles. The van der Waals surface area contributed by atoms with E-state index in [1.54, 1.807) is 18.2 Å². The van der Waals surface area contributed by atoms with E-state index in [9.17, 15) is 9.59 Å². The minimum atomic E-state index is -0.504. The summed E-state index contributed by atoms with van der Waals surface area (Å²) in [5.41, 5.74) is 12.4. The molecule has 0 spiro atoms. The number of primary amides is 2. The number of hydrogen-bond donors (Lipinski definition) is 2. The molecule has 5 heteroatoms. The molecule has 1 aromatic carbocycles. The van der Waals surface area contributed by atoms with Gasteiger partial charge in [-0.05, 0) is 55.0 Å². The van der Waals surface area contributed by atoms with Crippen LogP contribution >= 0.6 is 0 Å². The Morgan fingerprint density at radius 2 is 1.78 bits per heavy atom. The standard InChI is InChI=1S/C18H27N3O2/c1-18(2,3)14-7-9-21(10-8-14)15(17(20)23)12-5-4-6-13(11-12)16(19)22/h4-6,11,14-15H,7-10H2,1-3H3,(H2,19,22)(H2,20,23). The molecule has 1 atom stereocenters. The average molecular weight is 317 g/mol. The molecule has 5 nitrogen and oxygen atoms in total. The molecule has 2 amide bonds. The van der Waals surface area contributed by atoms with E-state index in [0.717, 1.165) is 31.5 Å². The van der Waals surface area contributed by atoms with Crippen LogP contribution in [0.2, 0.25) is 0 Å². The Hall–Kier alpha value is -1.88. The summed E-state index contributed by atoms with van der Waals surface area (Å²) in [6.07, 6.45) is 2.09. The summed E-state index contributed by atoms with van der Waals surface area (Å²) in [5, 5.41) is 0. The van der Waals surface area contributed by atoms with Crippen LogP contribution in [0.1, 0.15) is 55.6 Å². The third-order valence-electron chi connectivity index (χ3n) is 4.88. The largest absolute Gasteiger partial charge is 0.368 e. The number of carbonyl (C=O) groups excluding carboxylic acids is 2. The highest BCUT2D eigenvalue weighted by Gasteiger charge is 2.33. The van der Waals surface area contributed by atoms with Crippen molar-refractivity contribution in [2.45, 2.75) is 39.7 Å². The molecular weight excluding hydrogens is 290 g/mol. The van der Waals surface area contributed by atoms with Crippen molar-refractivity contribution in [3.8, 4) is 0 Å². The average Bonchev–Trinajstić information content (AvgIpc) is 2.47. The molecule has 1 unspecified atom stereocenters. The van der Waals surface area contributed by atoms with Crippen LogP contribution in [0.5, 0.6) is 0 Å². The van der Waals surface area contributed by atoms with Gasteiger partial charge in [0.15, 0.2) is 0 Å². The minimum absolute atomic E-state index is 0.278. The van der Waals surface area contributed by atoms with Crippen LogP contribution < -0.4 is 11.5 Å². The number of carbonyl (C=O) groups is 2. The van der Waals surface area contributed by atoms with Gasteiger partial charge in [0.25, 0.3) is 0 Å². The topological polar surface area (TPSA) is 89.4 Å². The maximum atomic E-state index is 12.0. The minimum Gasteiger partial charge on any atom is -0.368 e. The Labute approximate surface area is 138 Å². The van der Waals surface area contributed by atoms with Crippen LogP contribution in [0.25, 0.3) is 0 Å². The second kappa shape index (κ2) is 6.71. The summed E-state index contributed by atoms with van der Waals surface area (Å²) in [7, 11) is 0. The van der Waals surface area contributed by atoms with Crippen LogP contribution in [-0.2, 0) is 4.79 Å². The van der Waals surface area contributed by atoms with Gasteiger partial charge in [0.1, 0.15) is 6.04 Å². The van der Waals surface area contributed by atoms with Crippen molar-refractivity contribution in [3.05, 3.63) is 35.4 Å². The molecule has 0 radical (unpaired) electrons. The Morgan fingerprint density at radius 3 is 2.26 bits per heavy atom. The molecule has 1 aliphatic rings. The number of nitrogens with two attached hydrogens (primary N) is 2. The van der Waals surface area contributed by atoms with E-state index < -0.39 is 11.9 Å². The fourth-order valence-corrected chi connectivity index (χ4v) is 3.44. The highest BCUT2D eigenvalue weighted by molar-refractivity contribution is 5.93. The van der Waals surface area contributed by atoms with E-state index in [0.29, 0.717) is 11.5 Å². The van der Waals surface area contributed by atoms with E-state index in [1.165, 1.54) is 0 Å². The van der Waals surface area contributed by atoms with Crippen molar-refractivity contribution in [1.82, 2.24) is 4.90 Å². The van der Waals surface area contributed by atoms with Gasteiger partial charge >= 0.3 is 0 Å². The molecule has 126 valence electrons. The zero-order chi connectivity index (χ0) is 17.2. The molecule has 1 saturated heterocycles. The SMILES string of the molecule is CC(C)(C)C1CCN(C(C(N)=O)c2cccc(C(N)=O)c2)CC1. The molecule has 1 aliphatic heterocycles. The lowest BCUT2D eigenvalue weighted by molar-refractivity contribution is -0.124. The summed E-state index contributed by atoms with van der Waals surface area (Å²) in [6, 6.07) is 6.39. The summed E-state index contributed by atoms with van der Waals surface area (Å²) < 4.78 is 0. The van der Waals surface area contributed by atoms with Gasteiger partial charge in [0.05, 0.1) is 0 Å². The number of hydrogen-bond acceptors (Lipinski definition) is 3. The van der Waals surface area contributed by atoms with E-state index in [-0.39, 0.29) is 11.3 Å². The first-order chi connectivity index (χ1) is 10.7.